The molecule has 1 N–H and O–H groups in total. The van der Waals surface area contributed by atoms with Gasteiger partial charge >= 0.3 is 0 Å². The molecule has 0 saturated carbocycles. The molecule has 1 heterocycles. The third-order valence-corrected chi connectivity index (χ3v) is 2.29. The average Bonchev–Trinajstić information content (AvgIpc) is 1.94. The van der Waals surface area contributed by atoms with Crippen LogP contribution in [0.1, 0.15) is 33.6 Å². The summed E-state index contributed by atoms with van der Waals surface area (Å²) in [5, 5.41) is 9.53. The predicted molar refractivity (Wildman–Crippen MR) is 44.4 cm³/mol. The van der Waals surface area contributed by atoms with Crippen molar-refractivity contribution in [1.29, 1.82) is 0 Å². The summed E-state index contributed by atoms with van der Waals surface area (Å²) in [6.07, 6.45) is 2.02. The van der Waals surface area contributed by atoms with Gasteiger partial charge in [0.25, 0.3) is 0 Å². The first kappa shape index (κ1) is 9.01. The highest BCUT2D eigenvalue weighted by Crippen LogP contribution is 2.24. The van der Waals surface area contributed by atoms with Gasteiger partial charge in [-0.3, -0.25) is 0 Å². The summed E-state index contributed by atoms with van der Waals surface area (Å²) in [4.78, 5) is 0. The Morgan fingerprint density at radius 2 is 2.00 bits per heavy atom. The van der Waals surface area contributed by atoms with Crippen molar-refractivity contribution < 1.29 is 9.84 Å². The first-order valence-corrected chi connectivity index (χ1v) is 4.44. The van der Waals surface area contributed by atoms with E-state index >= 15 is 0 Å². The van der Waals surface area contributed by atoms with Crippen LogP contribution in [0, 0.1) is 5.92 Å². The van der Waals surface area contributed by atoms with Crippen molar-refractivity contribution in [2.75, 3.05) is 0 Å². The van der Waals surface area contributed by atoms with Crippen molar-refractivity contribution in [1.82, 2.24) is 0 Å². The molecular weight excluding hydrogens is 140 g/mol. The molecule has 1 rings (SSSR count). The monoisotopic (exact) mass is 158 g/mol. The molecule has 2 heteroatoms. The molecule has 0 aliphatic carbocycles. The normalized spacial score (nSPS) is 39.5. The van der Waals surface area contributed by atoms with E-state index in [1.807, 2.05) is 0 Å². The maximum absolute atomic E-state index is 9.53. The Balaban J connectivity index is 2.47. The van der Waals surface area contributed by atoms with Crippen molar-refractivity contribution in [2.24, 2.45) is 5.92 Å². The van der Waals surface area contributed by atoms with Crippen molar-refractivity contribution in [3.63, 3.8) is 0 Å². The minimum Gasteiger partial charge on any atom is -0.390 e. The van der Waals surface area contributed by atoms with Crippen molar-refractivity contribution in [3.8, 4) is 0 Å². The highest BCUT2D eigenvalue weighted by atomic mass is 16.5. The Morgan fingerprint density at radius 1 is 1.36 bits per heavy atom. The number of aliphatic hydroxyl groups is 1. The number of aliphatic hydroxyl groups excluding tert-OH is 1. The van der Waals surface area contributed by atoms with E-state index in [4.69, 9.17) is 4.74 Å². The summed E-state index contributed by atoms with van der Waals surface area (Å²) in [6.45, 7) is 6.25. The molecule has 0 unspecified atom stereocenters. The maximum atomic E-state index is 9.53. The van der Waals surface area contributed by atoms with Gasteiger partial charge in [0.2, 0.25) is 0 Å². The second-order valence-corrected chi connectivity index (χ2v) is 3.80. The average molecular weight is 158 g/mol. The minimum atomic E-state index is -0.244. The molecule has 1 aliphatic heterocycles. The lowest BCUT2D eigenvalue weighted by Crippen LogP contribution is -2.40. The summed E-state index contributed by atoms with van der Waals surface area (Å²) in [7, 11) is 0. The van der Waals surface area contributed by atoms with Crippen LogP contribution in [-0.2, 0) is 4.74 Å². The number of rotatable bonds is 1. The second kappa shape index (κ2) is 3.55. The van der Waals surface area contributed by atoms with Crippen LogP contribution in [0.15, 0.2) is 0 Å². The Kier molecular flexibility index (Phi) is 2.90. The van der Waals surface area contributed by atoms with Gasteiger partial charge in [-0.05, 0) is 25.7 Å². The maximum Gasteiger partial charge on any atom is 0.0860 e. The lowest BCUT2D eigenvalue weighted by molar-refractivity contribution is -0.129. The molecule has 1 aliphatic rings. The van der Waals surface area contributed by atoms with E-state index < -0.39 is 0 Å². The zero-order valence-electron chi connectivity index (χ0n) is 7.58. The van der Waals surface area contributed by atoms with Gasteiger partial charge in [0, 0.05) is 0 Å². The molecule has 0 aromatic rings. The van der Waals surface area contributed by atoms with E-state index in [9.17, 15) is 5.11 Å². The fourth-order valence-electron chi connectivity index (χ4n) is 1.60. The van der Waals surface area contributed by atoms with Crippen molar-refractivity contribution >= 4 is 0 Å². The lowest BCUT2D eigenvalue weighted by atomic mass is 9.94. The molecule has 0 spiro atoms. The molecule has 1 fully saturated rings. The molecule has 11 heavy (non-hydrogen) atoms. The smallest absolute Gasteiger partial charge is 0.0860 e. The van der Waals surface area contributed by atoms with Gasteiger partial charge in [-0.15, -0.1) is 0 Å². The third-order valence-electron chi connectivity index (χ3n) is 2.29. The zero-order chi connectivity index (χ0) is 8.43. The predicted octanol–water partition coefficient (Wildman–Crippen LogP) is 1.57. The first-order valence-electron chi connectivity index (χ1n) is 4.44. The van der Waals surface area contributed by atoms with E-state index in [2.05, 4.69) is 20.8 Å². The SMILES string of the molecule is CC(C)[C@H]1O[C@@H](C)CC[C@@H]1O. The number of hydrogen-bond donors (Lipinski definition) is 1. The summed E-state index contributed by atoms with van der Waals surface area (Å²) < 4.78 is 5.61. The van der Waals surface area contributed by atoms with E-state index in [0.29, 0.717) is 12.0 Å². The summed E-state index contributed by atoms with van der Waals surface area (Å²) >= 11 is 0. The number of ether oxygens (including phenoxy) is 1. The van der Waals surface area contributed by atoms with Crippen LogP contribution in [0.2, 0.25) is 0 Å². The Labute approximate surface area is 68.6 Å². The quantitative estimate of drug-likeness (QED) is 0.627. The van der Waals surface area contributed by atoms with Gasteiger partial charge in [0.1, 0.15) is 0 Å². The molecule has 0 amide bonds. The van der Waals surface area contributed by atoms with Crippen LogP contribution >= 0.6 is 0 Å². The van der Waals surface area contributed by atoms with Crippen LogP contribution < -0.4 is 0 Å². The van der Waals surface area contributed by atoms with Gasteiger partial charge in [0.15, 0.2) is 0 Å². The van der Waals surface area contributed by atoms with Crippen molar-refractivity contribution in [3.05, 3.63) is 0 Å². The van der Waals surface area contributed by atoms with Gasteiger partial charge in [-0.25, -0.2) is 0 Å². The third kappa shape index (κ3) is 2.17. The molecule has 0 aromatic heterocycles. The standard InChI is InChI=1S/C9H18O2/c1-6(2)9-8(10)5-4-7(3)11-9/h6-10H,4-5H2,1-3H3/t7-,8-,9+/m0/s1. The molecular formula is C9H18O2. The summed E-state index contributed by atoms with van der Waals surface area (Å²) in [5.74, 6) is 0.424. The molecule has 0 aromatic carbocycles. The largest absolute Gasteiger partial charge is 0.390 e. The van der Waals surface area contributed by atoms with Gasteiger partial charge in [-0.2, -0.15) is 0 Å². The molecule has 66 valence electrons. The first-order chi connectivity index (χ1) is 5.11. The van der Waals surface area contributed by atoms with Gasteiger partial charge in [-0.1, -0.05) is 13.8 Å². The minimum absolute atomic E-state index is 0.0544. The van der Waals surface area contributed by atoms with Crippen LogP contribution in [0.4, 0.5) is 0 Å². The fourth-order valence-corrected chi connectivity index (χ4v) is 1.60. The highest BCUT2D eigenvalue weighted by Gasteiger charge is 2.29. The second-order valence-electron chi connectivity index (χ2n) is 3.80. The summed E-state index contributed by atoms with van der Waals surface area (Å²) in [5.41, 5.74) is 0. The van der Waals surface area contributed by atoms with Gasteiger partial charge in [0.05, 0.1) is 18.3 Å². The van der Waals surface area contributed by atoms with E-state index in [1.54, 1.807) is 0 Å². The van der Waals surface area contributed by atoms with E-state index in [-0.39, 0.29) is 12.2 Å². The summed E-state index contributed by atoms with van der Waals surface area (Å²) in [6, 6.07) is 0. The molecule has 2 nitrogen and oxygen atoms in total. The van der Waals surface area contributed by atoms with Crippen LogP contribution in [-0.4, -0.2) is 23.4 Å². The van der Waals surface area contributed by atoms with E-state index in [1.165, 1.54) is 0 Å². The zero-order valence-corrected chi connectivity index (χ0v) is 7.58. The number of hydrogen-bond acceptors (Lipinski definition) is 2. The Bertz CT molecular complexity index is 123. The topological polar surface area (TPSA) is 29.5 Å². The molecule has 0 bridgehead atoms. The molecule has 3 atom stereocenters. The van der Waals surface area contributed by atoms with Crippen molar-refractivity contribution in [2.45, 2.75) is 51.9 Å². The molecule has 1 saturated heterocycles. The van der Waals surface area contributed by atoms with Crippen LogP contribution in [0.3, 0.4) is 0 Å². The lowest BCUT2D eigenvalue weighted by Gasteiger charge is -2.34. The Hall–Kier alpha value is -0.0800. The van der Waals surface area contributed by atoms with E-state index in [0.717, 1.165) is 12.8 Å². The molecule has 0 radical (unpaired) electrons. The van der Waals surface area contributed by atoms with Crippen LogP contribution in [0.25, 0.3) is 0 Å². The Morgan fingerprint density at radius 3 is 2.45 bits per heavy atom. The van der Waals surface area contributed by atoms with Crippen LogP contribution in [0.5, 0.6) is 0 Å². The highest BCUT2D eigenvalue weighted by molar-refractivity contribution is 4.78. The fraction of sp³-hybridized carbons (Fsp3) is 1.00. The van der Waals surface area contributed by atoms with Gasteiger partial charge < -0.3 is 9.84 Å².